The molecule has 5 heteroatoms. The lowest BCUT2D eigenvalue weighted by molar-refractivity contribution is -0.121. The van der Waals surface area contributed by atoms with E-state index < -0.39 is 10.8 Å². The molecule has 1 unspecified atom stereocenters. The van der Waals surface area contributed by atoms with E-state index in [-0.39, 0.29) is 18.6 Å². The molecule has 0 aromatic heterocycles. The Bertz CT molecular complexity index is 194. The van der Waals surface area contributed by atoms with Crippen molar-refractivity contribution in [2.45, 2.75) is 32.7 Å². The topological polar surface area (TPSA) is 66.4 Å². The minimum atomic E-state index is -0.976. The normalized spacial score (nSPS) is 12.9. The lowest BCUT2D eigenvalue weighted by Crippen LogP contribution is -2.31. The monoisotopic (exact) mass is 221 g/mol. The van der Waals surface area contributed by atoms with Crippen LogP contribution in [0.25, 0.3) is 0 Å². The number of carbonyl (C=O) groups excluding carboxylic acids is 1. The van der Waals surface area contributed by atoms with Gasteiger partial charge in [0.05, 0.1) is 0 Å². The summed E-state index contributed by atoms with van der Waals surface area (Å²) >= 11 is 0. The second-order valence-electron chi connectivity index (χ2n) is 3.40. The summed E-state index contributed by atoms with van der Waals surface area (Å²) in [6.45, 7) is 3.84. The fourth-order valence-electron chi connectivity index (χ4n) is 0.928. The summed E-state index contributed by atoms with van der Waals surface area (Å²) in [6, 6.07) is 0.133. The van der Waals surface area contributed by atoms with Crippen molar-refractivity contribution in [2.75, 3.05) is 18.1 Å². The standard InChI is InChI=1S/C9H19NO3S/c1-8(2)10-9(12)4-7-14(13)6-3-5-11/h8,11H,3-7H2,1-2H3,(H,10,12). The van der Waals surface area contributed by atoms with E-state index in [9.17, 15) is 9.00 Å². The SMILES string of the molecule is CC(C)NC(=O)CCS(=O)CCCO. The van der Waals surface area contributed by atoms with E-state index in [1.165, 1.54) is 0 Å². The van der Waals surface area contributed by atoms with Crippen LogP contribution < -0.4 is 5.32 Å². The molecule has 0 radical (unpaired) electrons. The van der Waals surface area contributed by atoms with E-state index >= 15 is 0 Å². The highest BCUT2D eigenvalue weighted by molar-refractivity contribution is 7.84. The van der Waals surface area contributed by atoms with Crippen molar-refractivity contribution in [3.63, 3.8) is 0 Å². The van der Waals surface area contributed by atoms with Gasteiger partial charge in [0.25, 0.3) is 0 Å². The average Bonchev–Trinajstić information content (AvgIpc) is 2.10. The summed E-state index contributed by atoms with van der Waals surface area (Å²) in [6.07, 6.45) is 0.842. The van der Waals surface area contributed by atoms with Crippen LogP contribution in [-0.4, -0.2) is 39.4 Å². The second kappa shape index (κ2) is 7.94. The first-order valence-electron chi connectivity index (χ1n) is 4.81. The van der Waals surface area contributed by atoms with Gasteiger partial charge in [0, 0.05) is 41.4 Å². The number of aliphatic hydroxyl groups excluding tert-OH is 1. The molecule has 0 heterocycles. The Labute approximate surface area is 87.5 Å². The number of hydrogen-bond donors (Lipinski definition) is 2. The zero-order chi connectivity index (χ0) is 11.0. The smallest absolute Gasteiger partial charge is 0.221 e. The quantitative estimate of drug-likeness (QED) is 0.637. The van der Waals surface area contributed by atoms with Crippen molar-refractivity contribution in [3.8, 4) is 0 Å². The number of nitrogens with one attached hydrogen (secondary N) is 1. The van der Waals surface area contributed by atoms with Crippen molar-refractivity contribution in [1.82, 2.24) is 5.32 Å². The molecule has 0 saturated carbocycles. The summed E-state index contributed by atoms with van der Waals surface area (Å²) < 4.78 is 11.2. The first kappa shape index (κ1) is 13.6. The van der Waals surface area contributed by atoms with E-state index in [0.717, 1.165) is 0 Å². The third-order valence-corrected chi connectivity index (χ3v) is 2.94. The highest BCUT2D eigenvalue weighted by Crippen LogP contribution is 1.92. The summed E-state index contributed by atoms with van der Waals surface area (Å²) in [5, 5.41) is 11.2. The van der Waals surface area contributed by atoms with Crippen LogP contribution in [0, 0.1) is 0 Å². The predicted octanol–water partition coefficient (Wildman–Crippen LogP) is 0.0322. The molecule has 0 aliphatic heterocycles. The highest BCUT2D eigenvalue weighted by Gasteiger charge is 2.06. The van der Waals surface area contributed by atoms with E-state index in [1.54, 1.807) is 0 Å². The Kier molecular flexibility index (Phi) is 7.70. The molecule has 14 heavy (non-hydrogen) atoms. The molecule has 0 spiro atoms. The summed E-state index contributed by atoms with van der Waals surface area (Å²) in [7, 11) is -0.976. The molecule has 0 aliphatic rings. The molecular weight excluding hydrogens is 202 g/mol. The van der Waals surface area contributed by atoms with E-state index in [2.05, 4.69) is 5.32 Å². The Morgan fingerprint density at radius 1 is 1.43 bits per heavy atom. The molecule has 0 rings (SSSR count). The van der Waals surface area contributed by atoms with Gasteiger partial charge in [0.15, 0.2) is 0 Å². The Morgan fingerprint density at radius 2 is 2.07 bits per heavy atom. The molecular formula is C9H19NO3S. The van der Waals surface area contributed by atoms with Crippen LogP contribution in [0.2, 0.25) is 0 Å². The fourth-order valence-corrected chi connectivity index (χ4v) is 2.00. The van der Waals surface area contributed by atoms with E-state index in [0.29, 0.717) is 24.3 Å². The van der Waals surface area contributed by atoms with E-state index in [4.69, 9.17) is 5.11 Å². The lowest BCUT2D eigenvalue weighted by Gasteiger charge is -2.07. The van der Waals surface area contributed by atoms with Gasteiger partial charge in [-0.1, -0.05) is 0 Å². The average molecular weight is 221 g/mol. The lowest BCUT2D eigenvalue weighted by atomic mass is 10.3. The van der Waals surface area contributed by atoms with Gasteiger partial charge in [-0.2, -0.15) is 0 Å². The molecule has 0 saturated heterocycles. The molecule has 0 aromatic rings. The van der Waals surface area contributed by atoms with Crippen LogP contribution in [0.15, 0.2) is 0 Å². The van der Waals surface area contributed by atoms with Gasteiger partial charge in [0.1, 0.15) is 0 Å². The van der Waals surface area contributed by atoms with Gasteiger partial charge in [0.2, 0.25) is 5.91 Å². The number of amides is 1. The highest BCUT2D eigenvalue weighted by atomic mass is 32.2. The fraction of sp³-hybridized carbons (Fsp3) is 0.889. The third kappa shape index (κ3) is 8.19. The Hall–Kier alpha value is -0.420. The molecule has 0 bridgehead atoms. The first-order valence-corrected chi connectivity index (χ1v) is 6.30. The van der Waals surface area contributed by atoms with Crippen LogP contribution in [0.5, 0.6) is 0 Å². The van der Waals surface area contributed by atoms with Crippen molar-refractivity contribution in [2.24, 2.45) is 0 Å². The molecule has 2 N–H and O–H groups in total. The maximum Gasteiger partial charge on any atom is 0.221 e. The summed E-state index contributed by atoms with van der Waals surface area (Å²) in [5.41, 5.74) is 0. The second-order valence-corrected chi connectivity index (χ2v) is 5.09. The van der Waals surface area contributed by atoms with Crippen molar-refractivity contribution >= 4 is 16.7 Å². The number of rotatable bonds is 7. The third-order valence-electron chi connectivity index (χ3n) is 1.54. The molecule has 1 atom stereocenters. The first-order chi connectivity index (χ1) is 6.56. The zero-order valence-electron chi connectivity index (χ0n) is 8.78. The zero-order valence-corrected chi connectivity index (χ0v) is 9.60. The minimum Gasteiger partial charge on any atom is -0.396 e. The molecule has 0 aliphatic carbocycles. The van der Waals surface area contributed by atoms with Gasteiger partial charge >= 0.3 is 0 Å². The Balaban J connectivity index is 3.51. The largest absolute Gasteiger partial charge is 0.396 e. The molecule has 0 aromatic carbocycles. The van der Waals surface area contributed by atoms with Gasteiger partial charge in [-0.05, 0) is 20.3 Å². The molecule has 0 fully saturated rings. The van der Waals surface area contributed by atoms with E-state index in [1.807, 2.05) is 13.8 Å². The molecule has 84 valence electrons. The maximum atomic E-state index is 11.2. The molecule has 4 nitrogen and oxygen atoms in total. The van der Waals surface area contributed by atoms with Crippen LogP contribution in [0.1, 0.15) is 26.7 Å². The van der Waals surface area contributed by atoms with Crippen LogP contribution in [-0.2, 0) is 15.6 Å². The number of hydrogen-bond acceptors (Lipinski definition) is 3. The van der Waals surface area contributed by atoms with Gasteiger partial charge in [-0.15, -0.1) is 0 Å². The predicted molar refractivity (Wildman–Crippen MR) is 57.5 cm³/mol. The van der Waals surface area contributed by atoms with Crippen LogP contribution >= 0.6 is 0 Å². The van der Waals surface area contributed by atoms with Crippen molar-refractivity contribution in [3.05, 3.63) is 0 Å². The summed E-state index contributed by atoms with van der Waals surface area (Å²) in [4.78, 5) is 11.1. The van der Waals surface area contributed by atoms with Crippen LogP contribution in [0.3, 0.4) is 0 Å². The van der Waals surface area contributed by atoms with Gasteiger partial charge in [-0.25, -0.2) is 0 Å². The number of aliphatic hydroxyl groups is 1. The van der Waals surface area contributed by atoms with Gasteiger partial charge < -0.3 is 10.4 Å². The van der Waals surface area contributed by atoms with Crippen molar-refractivity contribution in [1.29, 1.82) is 0 Å². The Morgan fingerprint density at radius 3 is 2.57 bits per heavy atom. The number of carbonyl (C=O) groups is 1. The molecule has 1 amide bonds. The van der Waals surface area contributed by atoms with Crippen LogP contribution in [0.4, 0.5) is 0 Å². The van der Waals surface area contributed by atoms with Gasteiger partial charge in [-0.3, -0.25) is 9.00 Å². The maximum absolute atomic E-state index is 11.2. The summed E-state index contributed by atoms with van der Waals surface area (Å²) in [5.74, 6) is 0.807. The minimum absolute atomic E-state index is 0.0580. The van der Waals surface area contributed by atoms with Crippen molar-refractivity contribution < 1.29 is 14.1 Å².